The van der Waals surface area contributed by atoms with Gasteiger partial charge in [-0.05, 0) is 5.26 Å². The van der Waals surface area contributed by atoms with Crippen molar-refractivity contribution in [2.24, 2.45) is 0 Å². The van der Waals surface area contributed by atoms with Gasteiger partial charge in [-0.15, -0.1) is 0 Å². The van der Waals surface area contributed by atoms with Gasteiger partial charge in [-0.3, -0.25) is 4.79 Å². The van der Waals surface area contributed by atoms with E-state index in [1.165, 1.54) is 6.92 Å². The molecule has 0 N–H and O–H groups in total. The van der Waals surface area contributed by atoms with Gasteiger partial charge in [-0.1, -0.05) is 0 Å². The Morgan fingerprint density at radius 1 is 1.71 bits per heavy atom. The van der Waals surface area contributed by atoms with E-state index in [2.05, 4.69) is 9.62 Å². The fourth-order valence-corrected chi connectivity index (χ4v) is 0.107. The Morgan fingerprint density at radius 2 is 2.29 bits per heavy atom. The molecule has 0 unspecified atom stereocenters. The number of rotatable bonds is 2. The molecule has 0 saturated carbocycles. The summed E-state index contributed by atoms with van der Waals surface area (Å²) in [5.41, 5.74) is 0. The van der Waals surface area contributed by atoms with Crippen molar-refractivity contribution in [2.75, 3.05) is 6.79 Å². The average molecular weight is 105 g/mol. The van der Waals surface area contributed by atoms with Crippen molar-refractivity contribution < 1.29 is 19.7 Å². The number of hydrogen-bond acceptors (Lipinski definition) is 3. The molecule has 0 aliphatic heterocycles. The van der Waals surface area contributed by atoms with Gasteiger partial charge in [-0.25, -0.2) is 0 Å². The highest BCUT2D eigenvalue weighted by Crippen LogP contribution is 1.73. The lowest BCUT2D eigenvalue weighted by molar-refractivity contribution is -0.340. The van der Waals surface area contributed by atoms with E-state index in [1.807, 2.05) is 0 Å². The highest BCUT2D eigenvalue weighted by molar-refractivity contribution is 5.65. The molecule has 7 heavy (non-hydrogen) atoms. The molecule has 4 heteroatoms. The van der Waals surface area contributed by atoms with Crippen molar-refractivity contribution in [3.05, 3.63) is 0 Å². The minimum atomic E-state index is -0.518. The van der Waals surface area contributed by atoms with Crippen LogP contribution in [0.25, 0.3) is 0 Å². The van der Waals surface area contributed by atoms with Crippen LogP contribution >= 0.6 is 0 Å². The summed E-state index contributed by atoms with van der Waals surface area (Å²) < 4.78 is 4.02. The van der Waals surface area contributed by atoms with Gasteiger partial charge in [0.25, 0.3) is 0 Å². The van der Waals surface area contributed by atoms with Crippen LogP contribution in [0.15, 0.2) is 0 Å². The molecule has 0 fully saturated rings. The SMILES string of the molecule is CC(=O)OCO[O]. The molecule has 0 bridgehead atoms. The minimum absolute atomic E-state index is 0.505. The summed E-state index contributed by atoms with van der Waals surface area (Å²) in [6.07, 6.45) is 0. The molecule has 0 spiro atoms. The van der Waals surface area contributed by atoms with Crippen molar-refractivity contribution in [1.29, 1.82) is 0 Å². The largest absolute Gasteiger partial charge is 0.436 e. The predicted octanol–water partition coefficient (Wildman–Crippen LogP) is -0.131. The van der Waals surface area contributed by atoms with Crippen LogP contribution in [0, 0.1) is 0 Å². The van der Waals surface area contributed by atoms with Crippen molar-refractivity contribution >= 4 is 5.97 Å². The summed E-state index contributed by atoms with van der Waals surface area (Å²) >= 11 is 0. The second-order valence-electron chi connectivity index (χ2n) is 0.872. The molecule has 0 aromatic carbocycles. The first-order valence-corrected chi connectivity index (χ1v) is 1.65. The van der Waals surface area contributed by atoms with Crippen LogP contribution in [0.4, 0.5) is 0 Å². The zero-order valence-electron chi connectivity index (χ0n) is 3.84. The molecule has 0 atom stereocenters. The van der Waals surface area contributed by atoms with Crippen LogP contribution in [0.1, 0.15) is 6.92 Å². The van der Waals surface area contributed by atoms with E-state index in [0.29, 0.717) is 0 Å². The van der Waals surface area contributed by atoms with Crippen LogP contribution in [0.2, 0.25) is 0 Å². The van der Waals surface area contributed by atoms with Gasteiger partial charge in [0.2, 0.25) is 6.79 Å². The third-order valence-corrected chi connectivity index (χ3v) is 0.310. The monoisotopic (exact) mass is 105 g/mol. The van der Waals surface area contributed by atoms with Crippen molar-refractivity contribution in [3.8, 4) is 0 Å². The Balaban J connectivity index is 2.82. The highest BCUT2D eigenvalue weighted by atomic mass is 17.1. The first kappa shape index (κ1) is 6.39. The standard InChI is InChI=1S/C3H5O4/c1-3(4)6-2-7-5/h2H2,1H3. The Morgan fingerprint density at radius 3 is 2.43 bits per heavy atom. The highest BCUT2D eigenvalue weighted by Gasteiger charge is 1.87. The molecule has 0 aliphatic carbocycles. The fraction of sp³-hybridized carbons (Fsp3) is 0.667. The summed E-state index contributed by atoms with van der Waals surface area (Å²) in [7, 11) is 0. The van der Waals surface area contributed by atoms with E-state index in [-0.39, 0.29) is 0 Å². The lowest BCUT2D eigenvalue weighted by atomic mass is 10.8. The zero-order chi connectivity index (χ0) is 5.70. The van der Waals surface area contributed by atoms with Crippen LogP contribution in [0.3, 0.4) is 0 Å². The normalized spacial score (nSPS) is 8.29. The summed E-state index contributed by atoms with van der Waals surface area (Å²) in [5.74, 6) is -0.518. The lowest BCUT2D eigenvalue weighted by Gasteiger charge is -1.91. The maximum Gasteiger partial charge on any atom is 0.304 e. The third kappa shape index (κ3) is 5.39. The maximum absolute atomic E-state index is 9.76. The molecule has 0 aliphatic rings. The number of ether oxygens (including phenoxy) is 1. The zero-order valence-corrected chi connectivity index (χ0v) is 3.84. The topological polar surface area (TPSA) is 55.4 Å². The molecular weight excluding hydrogens is 100 g/mol. The molecule has 0 amide bonds. The van der Waals surface area contributed by atoms with Crippen molar-refractivity contribution in [1.82, 2.24) is 0 Å². The van der Waals surface area contributed by atoms with E-state index >= 15 is 0 Å². The first-order chi connectivity index (χ1) is 3.27. The molecule has 0 aromatic heterocycles. The molecule has 0 aromatic rings. The van der Waals surface area contributed by atoms with Crippen LogP contribution in [-0.4, -0.2) is 12.8 Å². The van der Waals surface area contributed by atoms with Gasteiger partial charge >= 0.3 is 5.97 Å². The van der Waals surface area contributed by atoms with Crippen LogP contribution in [-0.2, 0) is 19.7 Å². The molecule has 4 nitrogen and oxygen atoms in total. The molecule has 1 radical (unpaired) electrons. The summed E-state index contributed by atoms with van der Waals surface area (Å²) in [5, 5.41) is 9.06. The summed E-state index contributed by atoms with van der Waals surface area (Å²) in [4.78, 5) is 12.9. The first-order valence-electron chi connectivity index (χ1n) is 1.65. The summed E-state index contributed by atoms with van der Waals surface area (Å²) in [6, 6.07) is 0. The third-order valence-electron chi connectivity index (χ3n) is 0.310. The molecule has 0 heterocycles. The van der Waals surface area contributed by atoms with Gasteiger partial charge in [0, 0.05) is 6.92 Å². The predicted molar refractivity (Wildman–Crippen MR) is 18.4 cm³/mol. The van der Waals surface area contributed by atoms with Crippen LogP contribution < -0.4 is 0 Å². The number of esters is 1. The van der Waals surface area contributed by atoms with E-state index in [1.54, 1.807) is 0 Å². The smallest absolute Gasteiger partial charge is 0.304 e. The second-order valence-corrected chi connectivity index (χ2v) is 0.872. The number of carbonyl (C=O) groups is 1. The van der Waals surface area contributed by atoms with Crippen molar-refractivity contribution in [3.63, 3.8) is 0 Å². The van der Waals surface area contributed by atoms with E-state index < -0.39 is 12.8 Å². The van der Waals surface area contributed by atoms with Gasteiger partial charge in [-0.2, -0.15) is 4.89 Å². The minimum Gasteiger partial charge on any atom is -0.436 e. The maximum atomic E-state index is 9.76. The Bertz CT molecular complexity index is 60.0. The average Bonchev–Trinajstić information content (AvgIpc) is 1.61. The Labute approximate surface area is 40.6 Å². The molecule has 0 saturated heterocycles. The molecular formula is C3H5O4. The van der Waals surface area contributed by atoms with Gasteiger partial charge < -0.3 is 4.74 Å². The van der Waals surface area contributed by atoms with Gasteiger partial charge in [0.1, 0.15) is 0 Å². The quantitative estimate of drug-likeness (QED) is 0.213. The lowest BCUT2D eigenvalue weighted by Crippen LogP contribution is -2.00. The number of carbonyl (C=O) groups excluding carboxylic acids is 1. The summed E-state index contributed by atoms with van der Waals surface area (Å²) in [6.45, 7) is 0.689. The molecule has 41 valence electrons. The van der Waals surface area contributed by atoms with E-state index in [9.17, 15) is 4.79 Å². The Kier molecular flexibility index (Phi) is 3.26. The second kappa shape index (κ2) is 3.58. The van der Waals surface area contributed by atoms with Crippen LogP contribution in [0.5, 0.6) is 0 Å². The van der Waals surface area contributed by atoms with E-state index in [4.69, 9.17) is 5.26 Å². The van der Waals surface area contributed by atoms with E-state index in [0.717, 1.165) is 0 Å². The van der Waals surface area contributed by atoms with Gasteiger partial charge in [0.15, 0.2) is 0 Å². The fourth-order valence-electron chi connectivity index (χ4n) is 0.107. The van der Waals surface area contributed by atoms with Gasteiger partial charge in [0.05, 0.1) is 0 Å². The van der Waals surface area contributed by atoms with Crippen molar-refractivity contribution in [2.45, 2.75) is 6.92 Å². The number of hydrogen-bond donors (Lipinski definition) is 0. The molecule has 0 rings (SSSR count). The Hall–Kier alpha value is -0.610.